The summed E-state index contributed by atoms with van der Waals surface area (Å²) < 4.78 is 17.5. The van der Waals surface area contributed by atoms with Gasteiger partial charge in [0.25, 0.3) is 0 Å². The molecule has 68 heavy (non-hydrogen) atoms. The van der Waals surface area contributed by atoms with Crippen LogP contribution in [0.2, 0.25) is 0 Å². The van der Waals surface area contributed by atoms with Gasteiger partial charge in [-0.3, -0.25) is 9.59 Å². The van der Waals surface area contributed by atoms with Crippen molar-refractivity contribution in [2.75, 3.05) is 13.2 Å². The normalized spacial score (nSPS) is 20.3. The summed E-state index contributed by atoms with van der Waals surface area (Å²) in [6.07, 6.45) is 43.0. The number of hydrogen-bond donors (Lipinski definition) is 6. The first kappa shape index (κ1) is 63.6. The lowest BCUT2D eigenvalue weighted by molar-refractivity contribution is -0.305. The third-order valence-electron chi connectivity index (χ3n) is 13.1. The van der Waals surface area contributed by atoms with E-state index in [4.69, 9.17) is 14.2 Å². The molecular weight excluding hydrogens is 859 g/mol. The summed E-state index contributed by atoms with van der Waals surface area (Å²) >= 11 is 0. The lowest BCUT2D eigenvalue weighted by Crippen LogP contribution is -2.61. The molecule has 8 atom stereocenters. The summed E-state index contributed by atoms with van der Waals surface area (Å²) in [5, 5.41) is 56.7. The van der Waals surface area contributed by atoms with Gasteiger partial charge >= 0.3 is 5.97 Å². The molecule has 0 aromatic carbocycles. The average molecular weight is 962 g/mol. The zero-order valence-corrected chi connectivity index (χ0v) is 43.5. The number of aliphatic hydroxyl groups excluding tert-OH is 5. The fourth-order valence-electron chi connectivity index (χ4n) is 8.59. The molecule has 11 nitrogen and oxygen atoms in total. The molecule has 1 saturated heterocycles. The largest absolute Gasteiger partial charge is 0.454 e. The van der Waals surface area contributed by atoms with Crippen LogP contribution < -0.4 is 5.32 Å². The second kappa shape index (κ2) is 45.7. The zero-order valence-electron chi connectivity index (χ0n) is 43.5. The molecule has 0 spiro atoms. The number of ether oxygens (including phenoxy) is 3. The van der Waals surface area contributed by atoms with E-state index >= 15 is 0 Å². The molecule has 0 bridgehead atoms. The molecule has 0 radical (unpaired) electrons. The van der Waals surface area contributed by atoms with Gasteiger partial charge in [-0.25, -0.2) is 0 Å². The fourth-order valence-corrected chi connectivity index (χ4v) is 8.59. The van der Waals surface area contributed by atoms with Gasteiger partial charge in [-0.1, -0.05) is 236 Å². The molecule has 396 valence electrons. The Kier molecular flexibility index (Phi) is 42.8. The molecular formula is C57H103NO10. The number of carbonyl (C=O) groups excluding carboxylic acids is 2. The Hall–Kier alpha value is -2.38. The molecule has 1 heterocycles. The minimum absolute atomic E-state index is 0.125. The van der Waals surface area contributed by atoms with Crippen molar-refractivity contribution in [1.82, 2.24) is 5.32 Å². The highest BCUT2D eigenvalue weighted by Gasteiger charge is 2.47. The average Bonchev–Trinajstić information content (AvgIpc) is 3.33. The number of rotatable bonds is 46. The highest BCUT2D eigenvalue weighted by Crippen LogP contribution is 2.26. The first-order chi connectivity index (χ1) is 33.2. The molecule has 0 aromatic rings. The number of hydrogen-bond acceptors (Lipinski definition) is 10. The minimum Gasteiger partial charge on any atom is -0.454 e. The summed E-state index contributed by atoms with van der Waals surface area (Å²) in [5.41, 5.74) is 0. The number of carbonyl (C=O) groups is 2. The topological polar surface area (TPSA) is 175 Å². The van der Waals surface area contributed by atoms with Gasteiger partial charge in [-0.15, -0.1) is 0 Å². The van der Waals surface area contributed by atoms with Gasteiger partial charge in [0.1, 0.15) is 24.4 Å². The van der Waals surface area contributed by atoms with Crippen LogP contribution in [-0.2, 0) is 23.8 Å². The maximum Gasteiger partial charge on any atom is 0.306 e. The van der Waals surface area contributed by atoms with Crippen molar-refractivity contribution in [3.63, 3.8) is 0 Å². The maximum atomic E-state index is 13.3. The standard InChI is InChI=1S/C57H103NO10/c1-4-7-10-13-16-19-22-24-26-29-32-35-38-41-44-50(61)56(65)58-48(49(60)43-40-37-34-31-28-21-18-15-12-9-6-3)47-66-57-55(54(64)53(63)51(46-59)67-57)68-52(62)45-42-39-36-33-30-27-25-23-20-17-14-11-8-5-2/h7,10,13,16,19,22,40,43,48-51,53-55,57,59-61,63-64H,4-6,8-9,11-12,14-15,17-18,20-21,23-39,41-42,44-47H2,1-3H3,(H,58,65)/b10-7+,16-13+,22-19+,43-40+. The van der Waals surface area contributed by atoms with E-state index in [0.717, 1.165) is 83.5 Å². The Morgan fingerprint density at radius 1 is 0.588 bits per heavy atom. The molecule has 0 aromatic heterocycles. The number of aliphatic hydroxyl groups is 5. The maximum absolute atomic E-state index is 13.3. The number of nitrogens with one attached hydrogen (secondary N) is 1. The first-order valence-corrected chi connectivity index (χ1v) is 27.9. The van der Waals surface area contributed by atoms with Crippen molar-refractivity contribution in [3.8, 4) is 0 Å². The molecule has 1 aliphatic rings. The summed E-state index contributed by atoms with van der Waals surface area (Å²) in [6.45, 7) is 5.63. The lowest BCUT2D eigenvalue weighted by Gasteiger charge is -2.41. The molecule has 0 aliphatic carbocycles. The number of amides is 1. The monoisotopic (exact) mass is 962 g/mol. The molecule has 0 saturated carbocycles. The van der Waals surface area contributed by atoms with E-state index in [0.29, 0.717) is 12.8 Å². The van der Waals surface area contributed by atoms with Crippen molar-refractivity contribution in [2.45, 2.75) is 288 Å². The number of allylic oxidation sites excluding steroid dienone is 7. The predicted octanol–water partition coefficient (Wildman–Crippen LogP) is 12.1. The van der Waals surface area contributed by atoms with Crippen LogP contribution in [-0.4, -0.2) is 99.6 Å². The van der Waals surface area contributed by atoms with Crippen molar-refractivity contribution < 1.29 is 49.3 Å². The Labute approximate surface area is 415 Å². The summed E-state index contributed by atoms with van der Waals surface area (Å²) in [5.74, 6) is -1.20. The van der Waals surface area contributed by atoms with Crippen LogP contribution in [0.3, 0.4) is 0 Å². The quantitative estimate of drug-likeness (QED) is 0.0149. The minimum atomic E-state index is -1.61. The van der Waals surface area contributed by atoms with Gasteiger partial charge < -0.3 is 45.1 Å². The molecule has 1 aliphatic heterocycles. The summed E-state index contributed by atoms with van der Waals surface area (Å²) in [7, 11) is 0. The van der Waals surface area contributed by atoms with Gasteiger partial charge in [0.05, 0.1) is 25.4 Å². The second-order valence-electron chi connectivity index (χ2n) is 19.4. The van der Waals surface area contributed by atoms with Crippen LogP contribution in [0.1, 0.15) is 239 Å². The van der Waals surface area contributed by atoms with Crippen LogP contribution in [0, 0.1) is 0 Å². The van der Waals surface area contributed by atoms with Crippen molar-refractivity contribution in [2.24, 2.45) is 0 Å². The van der Waals surface area contributed by atoms with Crippen molar-refractivity contribution >= 4 is 11.9 Å². The Bertz CT molecular complexity index is 1290. The van der Waals surface area contributed by atoms with E-state index in [1.54, 1.807) is 6.08 Å². The summed E-state index contributed by atoms with van der Waals surface area (Å²) in [6, 6.07) is -1.03. The highest BCUT2D eigenvalue weighted by atomic mass is 16.7. The third kappa shape index (κ3) is 34.0. The Morgan fingerprint density at radius 3 is 1.57 bits per heavy atom. The van der Waals surface area contributed by atoms with Crippen LogP contribution in [0.5, 0.6) is 0 Å². The smallest absolute Gasteiger partial charge is 0.306 e. The molecule has 1 amide bonds. The zero-order chi connectivity index (χ0) is 49.7. The molecule has 6 N–H and O–H groups in total. The van der Waals surface area contributed by atoms with Gasteiger partial charge in [-0.2, -0.15) is 0 Å². The molecule has 11 heteroatoms. The van der Waals surface area contributed by atoms with Crippen LogP contribution in [0.4, 0.5) is 0 Å². The van der Waals surface area contributed by atoms with E-state index in [-0.39, 0.29) is 19.4 Å². The van der Waals surface area contributed by atoms with Gasteiger partial charge in [0.2, 0.25) is 5.91 Å². The van der Waals surface area contributed by atoms with Crippen LogP contribution >= 0.6 is 0 Å². The van der Waals surface area contributed by atoms with Gasteiger partial charge in [0.15, 0.2) is 12.4 Å². The number of esters is 1. The lowest BCUT2D eigenvalue weighted by atomic mass is 9.99. The molecule has 8 unspecified atom stereocenters. The Morgan fingerprint density at radius 2 is 1.06 bits per heavy atom. The van der Waals surface area contributed by atoms with E-state index in [1.165, 1.54) is 109 Å². The molecule has 1 fully saturated rings. The third-order valence-corrected chi connectivity index (χ3v) is 13.1. The van der Waals surface area contributed by atoms with Crippen molar-refractivity contribution in [3.05, 3.63) is 48.6 Å². The highest BCUT2D eigenvalue weighted by molar-refractivity contribution is 5.80. The van der Waals surface area contributed by atoms with Crippen LogP contribution in [0.15, 0.2) is 48.6 Å². The number of unbranched alkanes of at least 4 members (excludes halogenated alkanes) is 28. The Balaban J connectivity index is 2.74. The fraction of sp³-hybridized carbons (Fsp3) is 0.825. The first-order valence-electron chi connectivity index (χ1n) is 27.9. The van der Waals surface area contributed by atoms with E-state index in [9.17, 15) is 35.1 Å². The van der Waals surface area contributed by atoms with Crippen molar-refractivity contribution in [1.29, 1.82) is 0 Å². The second-order valence-corrected chi connectivity index (χ2v) is 19.4. The summed E-state index contributed by atoms with van der Waals surface area (Å²) in [4.78, 5) is 26.4. The van der Waals surface area contributed by atoms with E-state index < -0.39 is 67.4 Å². The predicted molar refractivity (Wildman–Crippen MR) is 278 cm³/mol. The molecule has 1 rings (SSSR count). The SMILES string of the molecule is CC/C=C/C=C/C=C/CCCCCCCCC(O)C(=O)NC(COC1OC(CO)C(O)C(O)C1OC(=O)CCCCCCCCCCCCCCCC)C(O)/C=C/CCCCCCCCCCC. The van der Waals surface area contributed by atoms with E-state index in [1.807, 2.05) is 18.2 Å². The van der Waals surface area contributed by atoms with E-state index in [2.05, 4.69) is 50.4 Å². The van der Waals surface area contributed by atoms with Crippen LogP contribution in [0.25, 0.3) is 0 Å². The van der Waals surface area contributed by atoms with Gasteiger partial charge in [0, 0.05) is 6.42 Å². The van der Waals surface area contributed by atoms with Gasteiger partial charge in [-0.05, 0) is 44.9 Å².